The molecule has 2 N–H and O–H groups in total. The molecule has 1 atom stereocenters. The molecule has 0 saturated carbocycles. The van der Waals surface area contributed by atoms with Gasteiger partial charge in [0.05, 0.1) is 0 Å². The van der Waals surface area contributed by atoms with Crippen molar-refractivity contribution in [3.05, 3.63) is 35.4 Å². The van der Waals surface area contributed by atoms with Crippen LogP contribution in [0.15, 0.2) is 24.3 Å². The van der Waals surface area contributed by atoms with E-state index in [1.807, 2.05) is 12.1 Å². The molecular weight excluding hydrogens is 186 g/mol. The number of hydrogen-bond donors (Lipinski definition) is 2. The van der Waals surface area contributed by atoms with Gasteiger partial charge in [0.25, 0.3) is 0 Å². The van der Waals surface area contributed by atoms with Crippen molar-refractivity contribution in [2.75, 3.05) is 13.1 Å². The van der Waals surface area contributed by atoms with Crippen LogP contribution in [0.4, 0.5) is 0 Å². The van der Waals surface area contributed by atoms with Crippen molar-refractivity contribution in [1.82, 2.24) is 5.32 Å². The van der Waals surface area contributed by atoms with Crippen molar-refractivity contribution < 1.29 is 5.11 Å². The van der Waals surface area contributed by atoms with Crippen LogP contribution in [0, 0.1) is 0 Å². The maximum atomic E-state index is 10.5. The van der Waals surface area contributed by atoms with Gasteiger partial charge < -0.3 is 10.4 Å². The predicted molar refractivity (Wildman–Crippen MR) is 61.8 cm³/mol. The van der Waals surface area contributed by atoms with E-state index in [1.54, 1.807) is 0 Å². The molecule has 2 rings (SSSR count). The van der Waals surface area contributed by atoms with Crippen LogP contribution in [0.1, 0.15) is 30.9 Å². The lowest BCUT2D eigenvalue weighted by Gasteiger charge is -2.24. The number of hydrogen-bond acceptors (Lipinski definition) is 2. The van der Waals surface area contributed by atoms with Crippen molar-refractivity contribution >= 4 is 0 Å². The molecule has 1 aromatic rings. The number of aliphatic hydroxyl groups is 1. The van der Waals surface area contributed by atoms with E-state index >= 15 is 0 Å². The molecule has 2 heteroatoms. The van der Waals surface area contributed by atoms with Crippen LogP contribution in [0.3, 0.4) is 0 Å². The van der Waals surface area contributed by atoms with Crippen LogP contribution < -0.4 is 5.32 Å². The Morgan fingerprint density at radius 2 is 2.20 bits per heavy atom. The van der Waals surface area contributed by atoms with Crippen LogP contribution >= 0.6 is 0 Å². The Balaban J connectivity index is 2.10. The lowest BCUT2D eigenvalue weighted by atomic mass is 9.96. The molecule has 0 aromatic heterocycles. The zero-order chi connectivity index (χ0) is 10.7. The van der Waals surface area contributed by atoms with Gasteiger partial charge in [-0.2, -0.15) is 0 Å². The zero-order valence-electron chi connectivity index (χ0n) is 9.29. The summed E-state index contributed by atoms with van der Waals surface area (Å²) in [7, 11) is 0. The highest BCUT2D eigenvalue weighted by atomic mass is 16.3. The standard InChI is InChI=1S/C13H19NO/c1-2-9-14-10-13(15)8-7-11-5-3-4-6-12(11)13/h3-6,14-15H,2,7-10H2,1H3. The zero-order valence-corrected chi connectivity index (χ0v) is 9.29. The molecule has 0 heterocycles. The number of fused-ring (bicyclic) bond motifs is 1. The van der Waals surface area contributed by atoms with Gasteiger partial charge in [0.2, 0.25) is 0 Å². The fraction of sp³-hybridized carbons (Fsp3) is 0.538. The highest BCUT2D eigenvalue weighted by Gasteiger charge is 2.35. The lowest BCUT2D eigenvalue weighted by Crippen LogP contribution is -2.36. The molecule has 2 nitrogen and oxygen atoms in total. The first-order chi connectivity index (χ1) is 7.26. The Hall–Kier alpha value is -0.860. The van der Waals surface area contributed by atoms with Gasteiger partial charge >= 0.3 is 0 Å². The average molecular weight is 205 g/mol. The molecule has 0 aliphatic heterocycles. The first-order valence-electron chi connectivity index (χ1n) is 5.78. The van der Waals surface area contributed by atoms with Gasteiger partial charge in [-0.15, -0.1) is 0 Å². The quantitative estimate of drug-likeness (QED) is 0.735. The molecule has 0 saturated heterocycles. The summed E-state index contributed by atoms with van der Waals surface area (Å²) >= 11 is 0. The fourth-order valence-corrected chi connectivity index (χ4v) is 2.32. The molecule has 0 fully saturated rings. The summed E-state index contributed by atoms with van der Waals surface area (Å²) in [5, 5.41) is 13.8. The van der Waals surface area contributed by atoms with Gasteiger partial charge in [0.1, 0.15) is 5.60 Å². The maximum absolute atomic E-state index is 10.5. The summed E-state index contributed by atoms with van der Waals surface area (Å²) in [4.78, 5) is 0. The van der Waals surface area contributed by atoms with Gasteiger partial charge in [-0.3, -0.25) is 0 Å². The van der Waals surface area contributed by atoms with Crippen LogP contribution in [0.5, 0.6) is 0 Å². The molecule has 15 heavy (non-hydrogen) atoms. The average Bonchev–Trinajstić information content (AvgIpc) is 2.59. The Morgan fingerprint density at radius 3 is 3.00 bits per heavy atom. The minimum atomic E-state index is -0.633. The SMILES string of the molecule is CCCNCC1(O)CCc2ccccc21. The number of rotatable bonds is 4. The topological polar surface area (TPSA) is 32.3 Å². The third-order valence-corrected chi connectivity index (χ3v) is 3.17. The van der Waals surface area contributed by atoms with Gasteiger partial charge in [-0.1, -0.05) is 31.2 Å². The molecule has 1 aliphatic rings. The first kappa shape index (κ1) is 10.7. The van der Waals surface area contributed by atoms with Crippen LogP contribution in [0.2, 0.25) is 0 Å². The van der Waals surface area contributed by atoms with Crippen molar-refractivity contribution in [2.45, 2.75) is 31.8 Å². The molecule has 0 spiro atoms. The summed E-state index contributed by atoms with van der Waals surface area (Å²) in [5.41, 5.74) is 1.79. The lowest BCUT2D eigenvalue weighted by molar-refractivity contribution is 0.0390. The largest absolute Gasteiger partial charge is 0.384 e. The second kappa shape index (κ2) is 4.33. The monoisotopic (exact) mass is 205 g/mol. The molecule has 82 valence electrons. The summed E-state index contributed by atoms with van der Waals surface area (Å²) in [6.07, 6.45) is 2.96. The number of benzene rings is 1. The maximum Gasteiger partial charge on any atom is 0.103 e. The van der Waals surface area contributed by atoms with Crippen molar-refractivity contribution in [3.63, 3.8) is 0 Å². The van der Waals surface area contributed by atoms with E-state index in [0.717, 1.165) is 31.4 Å². The van der Waals surface area contributed by atoms with Crippen LogP contribution in [-0.2, 0) is 12.0 Å². The first-order valence-corrected chi connectivity index (χ1v) is 5.78. The van der Waals surface area contributed by atoms with E-state index in [4.69, 9.17) is 0 Å². The minimum Gasteiger partial charge on any atom is -0.384 e. The molecule has 1 unspecified atom stereocenters. The summed E-state index contributed by atoms with van der Waals surface area (Å²) in [6, 6.07) is 8.22. The normalized spacial score (nSPS) is 24.1. The third-order valence-electron chi connectivity index (χ3n) is 3.17. The predicted octanol–water partition coefficient (Wildman–Crippen LogP) is 1.82. The highest BCUT2D eigenvalue weighted by Crippen LogP contribution is 2.35. The molecular formula is C13H19NO. The Labute approximate surface area is 91.3 Å². The molecule has 1 aromatic carbocycles. The fourth-order valence-electron chi connectivity index (χ4n) is 2.32. The second-order valence-corrected chi connectivity index (χ2v) is 4.37. The number of nitrogens with one attached hydrogen (secondary N) is 1. The third kappa shape index (κ3) is 2.06. The van der Waals surface area contributed by atoms with E-state index in [9.17, 15) is 5.11 Å². The van der Waals surface area contributed by atoms with Gasteiger partial charge in [0, 0.05) is 6.54 Å². The van der Waals surface area contributed by atoms with Gasteiger partial charge in [-0.05, 0) is 36.9 Å². The molecule has 0 bridgehead atoms. The van der Waals surface area contributed by atoms with E-state index in [-0.39, 0.29) is 0 Å². The van der Waals surface area contributed by atoms with Crippen molar-refractivity contribution in [1.29, 1.82) is 0 Å². The highest BCUT2D eigenvalue weighted by molar-refractivity contribution is 5.37. The van der Waals surface area contributed by atoms with Crippen LogP contribution in [0.25, 0.3) is 0 Å². The molecule has 0 amide bonds. The van der Waals surface area contributed by atoms with E-state index in [0.29, 0.717) is 6.54 Å². The van der Waals surface area contributed by atoms with Gasteiger partial charge in [0.15, 0.2) is 0 Å². The van der Waals surface area contributed by atoms with Crippen molar-refractivity contribution in [2.24, 2.45) is 0 Å². The number of aryl methyl sites for hydroxylation is 1. The Kier molecular flexibility index (Phi) is 3.08. The van der Waals surface area contributed by atoms with E-state index in [1.165, 1.54) is 5.56 Å². The second-order valence-electron chi connectivity index (χ2n) is 4.37. The Bertz CT molecular complexity index is 337. The van der Waals surface area contributed by atoms with Gasteiger partial charge in [-0.25, -0.2) is 0 Å². The van der Waals surface area contributed by atoms with E-state index < -0.39 is 5.60 Å². The smallest absolute Gasteiger partial charge is 0.103 e. The summed E-state index contributed by atoms with van der Waals surface area (Å²) in [6.45, 7) is 3.79. The summed E-state index contributed by atoms with van der Waals surface area (Å²) in [5.74, 6) is 0. The van der Waals surface area contributed by atoms with Crippen molar-refractivity contribution in [3.8, 4) is 0 Å². The Morgan fingerprint density at radius 1 is 1.40 bits per heavy atom. The minimum absolute atomic E-state index is 0.633. The molecule has 1 aliphatic carbocycles. The summed E-state index contributed by atoms with van der Waals surface area (Å²) < 4.78 is 0. The van der Waals surface area contributed by atoms with E-state index in [2.05, 4.69) is 24.4 Å². The van der Waals surface area contributed by atoms with Crippen LogP contribution in [-0.4, -0.2) is 18.2 Å². The molecule has 0 radical (unpaired) electrons.